The van der Waals surface area contributed by atoms with Crippen molar-refractivity contribution in [3.05, 3.63) is 29.3 Å². The second kappa shape index (κ2) is 4.88. The van der Waals surface area contributed by atoms with Crippen LogP contribution in [0.15, 0.2) is 18.2 Å². The molecule has 2 rings (SSSR count). The van der Waals surface area contributed by atoms with Crippen LogP contribution < -0.4 is 4.90 Å². The van der Waals surface area contributed by atoms with E-state index in [0.29, 0.717) is 5.56 Å². The summed E-state index contributed by atoms with van der Waals surface area (Å²) in [6, 6.07) is 6.84. The third-order valence-corrected chi connectivity index (χ3v) is 3.06. The minimum atomic E-state index is -0.994. The van der Waals surface area contributed by atoms with E-state index in [1.807, 2.05) is 0 Å². The van der Waals surface area contributed by atoms with Gasteiger partial charge in [0.1, 0.15) is 6.07 Å². The molecule has 1 N–H and O–H groups in total. The lowest BCUT2D eigenvalue weighted by atomic mass is 10.1. The fourth-order valence-corrected chi connectivity index (χ4v) is 2.17. The lowest BCUT2D eigenvalue weighted by Gasteiger charge is -2.29. The fraction of sp³-hybridized carbons (Fsp3) is 0.385. The lowest BCUT2D eigenvalue weighted by molar-refractivity contribution is 0.0697. The van der Waals surface area contributed by atoms with E-state index in [-0.39, 0.29) is 5.56 Å². The van der Waals surface area contributed by atoms with Crippen LogP contribution in [0.2, 0.25) is 0 Å². The Morgan fingerprint density at radius 2 is 2.00 bits per heavy atom. The van der Waals surface area contributed by atoms with Gasteiger partial charge in [-0.15, -0.1) is 0 Å². The Morgan fingerprint density at radius 3 is 2.59 bits per heavy atom. The van der Waals surface area contributed by atoms with Gasteiger partial charge in [-0.1, -0.05) is 0 Å². The number of anilines is 1. The summed E-state index contributed by atoms with van der Waals surface area (Å²) in [6.07, 6.45) is 3.49. The van der Waals surface area contributed by atoms with Crippen LogP contribution in [-0.4, -0.2) is 24.2 Å². The van der Waals surface area contributed by atoms with E-state index in [1.165, 1.54) is 12.5 Å². The van der Waals surface area contributed by atoms with Crippen molar-refractivity contribution in [2.45, 2.75) is 19.3 Å². The molecule has 88 valence electrons. The zero-order valence-corrected chi connectivity index (χ0v) is 9.52. The van der Waals surface area contributed by atoms with Gasteiger partial charge in [0.2, 0.25) is 0 Å². The Kier molecular flexibility index (Phi) is 3.29. The number of nitriles is 1. The minimum absolute atomic E-state index is 0.169. The molecule has 1 heterocycles. The van der Waals surface area contributed by atoms with Crippen molar-refractivity contribution in [3.63, 3.8) is 0 Å². The van der Waals surface area contributed by atoms with Crippen LogP contribution in [0, 0.1) is 11.3 Å². The van der Waals surface area contributed by atoms with Gasteiger partial charge in [-0.25, -0.2) is 4.79 Å². The van der Waals surface area contributed by atoms with Gasteiger partial charge in [0.25, 0.3) is 0 Å². The van der Waals surface area contributed by atoms with E-state index < -0.39 is 5.97 Å². The number of carbonyl (C=O) groups is 1. The SMILES string of the molecule is N#Cc1cc(C(=O)O)ccc1N1CCCCC1. The standard InChI is InChI=1S/C13H14N2O2/c14-9-11-8-10(13(16)17)4-5-12(11)15-6-2-1-3-7-15/h4-5,8H,1-3,6-7H2,(H,16,17). The van der Waals surface area contributed by atoms with Crippen LogP contribution in [0.3, 0.4) is 0 Å². The number of rotatable bonds is 2. The summed E-state index contributed by atoms with van der Waals surface area (Å²) in [5.74, 6) is -0.994. The quantitative estimate of drug-likeness (QED) is 0.846. The predicted octanol–water partition coefficient (Wildman–Crippen LogP) is 2.25. The first-order valence-electron chi connectivity index (χ1n) is 5.75. The third-order valence-electron chi connectivity index (χ3n) is 3.06. The highest BCUT2D eigenvalue weighted by atomic mass is 16.4. The van der Waals surface area contributed by atoms with Crippen LogP contribution in [0.1, 0.15) is 35.2 Å². The first kappa shape index (κ1) is 11.5. The molecule has 0 aromatic heterocycles. The maximum atomic E-state index is 10.8. The van der Waals surface area contributed by atoms with E-state index in [0.717, 1.165) is 31.6 Å². The molecular weight excluding hydrogens is 216 g/mol. The van der Waals surface area contributed by atoms with Crippen molar-refractivity contribution < 1.29 is 9.90 Å². The van der Waals surface area contributed by atoms with Gasteiger partial charge in [0, 0.05) is 13.1 Å². The van der Waals surface area contributed by atoms with Gasteiger partial charge < -0.3 is 10.0 Å². The van der Waals surface area contributed by atoms with Gasteiger partial charge >= 0.3 is 5.97 Å². The normalized spacial score (nSPS) is 15.4. The zero-order valence-electron chi connectivity index (χ0n) is 9.52. The molecule has 17 heavy (non-hydrogen) atoms. The van der Waals surface area contributed by atoms with Gasteiger partial charge in [0.05, 0.1) is 16.8 Å². The predicted molar refractivity (Wildman–Crippen MR) is 64.2 cm³/mol. The summed E-state index contributed by atoms with van der Waals surface area (Å²) in [7, 11) is 0. The van der Waals surface area contributed by atoms with Crippen molar-refractivity contribution in [1.29, 1.82) is 5.26 Å². The van der Waals surface area contributed by atoms with Gasteiger partial charge in [-0.2, -0.15) is 5.26 Å². The highest BCUT2D eigenvalue weighted by Gasteiger charge is 2.16. The fourth-order valence-electron chi connectivity index (χ4n) is 2.17. The Morgan fingerprint density at radius 1 is 1.29 bits per heavy atom. The van der Waals surface area contributed by atoms with Crippen LogP contribution in [0.4, 0.5) is 5.69 Å². The molecular formula is C13H14N2O2. The van der Waals surface area contributed by atoms with Crippen molar-refractivity contribution in [1.82, 2.24) is 0 Å². The molecule has 0 atom stereocenters. The molecule has 4 heteroatoms. The number of benzene rings is 1. The molecule has 0 radical (unpaired) electrons. The maximum Gasteiger partial charge on any atom is 0.335 e. The highest BCUT2D eigenvalue weighted by molar-refractivity contribution is 5.89. The maximum absolute atomic E-state index is 10.8. The van der Waals surface area contributed by atoms with E-state index in [4.69, 9.17) is 10.4 Å². The van der Waals surface area contributed by atoms with Gasteiger partial charge in [-0.3, -0.25) is 0 Å². The van der Waals surface area contributed by atoms with E-state index >= 15 is 0 Å². The average molecular weight is 230 g/mol. The number of hydrogen-bond acceptors (Lipinski definition) is 3. The summed E-state index contributed by atoms with van der Waals surface area (Å²) >= 11 is 0. The molecule has 0 bridgehead atoms. The van der Waals surface area contributed by atoms with Crippen LogP contribution in [0.25, 0.3) is 0 Å². The van der Waals surface area contributed by atoms with Crippen molar-refractivity contribution in [2.75, 3.05) is 18.0 Å². The van der Waals surface area contributed by atoms with Gasteiger partial charge in [0.15, 0.2) is 0 Å². The second-order valence-corrected chi connectivity index (χ2v) is 4.20. The largest absolute Gasteiger partial charge is 0.478 e. The summed E-state index contributed by atoms with van der Waals surface area (Å²) in [6.45, 7) is 1.89. The van der Waals surface area contributed by atoms with E-state index in [9.17, 15) is 4.79 Å². The second-order valence-electron chi connectivity index (χ2n) is 4.20. The summed E-state index contributed by atoms with van der Waals surface area (Å²) in [5, 5.41) is 18.0. The lowest BCUT2D eigenvalue weighted by Crippen LogP contribution is -2.30. The minimum Gasteiger partial charge on any atom is -0.478 e. The van der Waals surface area contributed by atoms with Crippen molar-refractivity contribution >= 4 is 11.7 Å². The molecule has 0 amide bonds. The first-order valence-corrected chi connectivity index (χ1v) is 5.75. The summed E-state index contributed by atoms with van der Waals surface area (Å²) in [5.41, 5.74) is 1.48. The molecule has 1 aromatic rings. The van der Waals surface area contributed by atoms with E-state index in [2.05, 4.69) is 11.0 Å². The first-order chi connectivity index (χ1) is 8.22. The number of carboxylic acids is 1. The zero-order chi connectivity index (χ0) is 12.3. The molecule has 1 aliphatic heterocycles. The van der Waals surface area contributed by atoms with Crippen LogP contribution in [0.5, 0.6) is 0 Å². The molecule has 0 unspecified atom stereocenters. The number of piperidine rings is 1. The molecule has 4 nitrogen and oxygen atoms in total. The number of nitrogens with zero attached hydrogens (tertiary/aromatic N) is 2. The summed E-state index contributed by atoms with van der Waals surface area (Å²) < 4.78 is 0. The molecule has 1 aliphatic rings. The molecule has 1 aromatic carbocycles. The molecule has 0 spiro atoms. The average Bonchev–Trinajstić information content (AvgIpc) is 2.39. The van der Waals surface area contributed by atoms with Gasteiger partial charge in [-0.05, 0) is 37.5 Å². The molecule has 1 fully saturated rings. The highest BCUT2D eigenvalue weighted by Crippen LogP contribution is 2.24. The monoisotopic (exact) mass is 230 g/mol. The Balaban J connectivity index is 2.34. The number of hydrogen-bond donors (Lipinski definition) is 1. The Labute approximate surface area is 100 Å². The van der Waals surface area contributed by atoms with Crippen molar-refractivity contribution in [2.24, 2.45) is 0 Å². The topological polar surface area (TPSA) is 64.3 Å². The smallest absolute Gasteiger partial charge is 0.335 e. The van der Waals surface area contributed by atoms with Crippen LogP contribution >= 0.6 is 0 Å². The van der Waals surface area contributed by atoms with E-state index in [1.54, 1.807) is 12.1 Å². The van der Waals surface area contributed by atoms with Crippen molar-refractivity contribution in [3.8, 4) is 6.07 Å². The summed E-state index contributed by atoms with van der Waals surface area (Å²) in [4.78, 5) is 13.0. The molecule has 0 aliphatic carbocycles. The number of aromatic carboxylic acids is 1. The van der Waals surface area contributed by atoms with Crippen LogP contribution in [-0.2, 0) is 0 Å². The molecule has 0 saturated carbocycles. The molecule has 1 saturated heterocycles. The third kappa shape index (κ3) is 2.39. The Hall–Kier alpha value is -2.02. The Bertz CT molecular complexity index is 471. The number of carboxylic acid groups (broad SMARTS) is 1.